The third-order valence-electron chi connectivity index (χ3n) is 2.20. The summed E-state index contributed by atoms with van der Waals surface area (Å²) in [5.41, 5.74) is -1.97. The normalized spacial score (nSPS) is 11.6. The highest BCUT2D eigenvalue weighted by atomic mass is 16.6. The number of aliphatic carboxylic acids is 1. The van der Waals surface area contributed by atoms with Crippen LogP contribution in [-0.2, 0) is 4.79 Å². The first kappa shape index (κ1) is 14.3. The molecule has 0 heterocycles. The van der Waals surface area contributed by atoms with Crippen LogP contribution >= 0.6 is 0 Å². The predicted molar refractivity (Wildman–Crippen MR) is 61.9 cm³/mol. The summed E-state index contributed by atoms with van der Waals surface area (Å²) in [6.07, 6.45) is 0. The van der Waals surface area contributed by atoms with E-state index in [2.05, 4.69) is 5.32 Å². The molecule has 0 aliphatic heterocycles. The van der Waals surface area contributed by atoms with Gasteiger partial charge in [-0.1, -0.05) is 6.07 Å². The number of carboxylic acids is 1. The van der Waals surface area contributed by atoms with Crippen LogP contribution in [0.5, 0.6) is 0 Å². The molecule has 1 atom stereocenters. The highest BCUT2D eigenvalue weighted by molar-refractivity contribution is 5.81. The van der Waals surface area contributed by atoms with Crippen molar-refractivity contribution in [2.75, 3.05) is 11.9 Å². The lowest BCUT2D eigenvalue weighted by Crippen LogP contribution is -2.33. The number of carbonyl (C=O) groups is 1. The van der Waals surface area contributed by atoms with Crippen LogP contribution in [0.3, 0.4) is 0 Å². The molecule has 1 aromatic carbocycles. The number of nitro groups is 2. The fourth-order valence-electron chi connectivity index (χ4n) is 1.36. The number of nitro benzene ring substituents is 2. The Morgan fingerprint density at radius 1 is 1.32 bits per heavy atom. The second-order valence-corrected chi connectivity index (χ2v) is 3.41. The number of hydrogen-bond donors (Lipinski definition) is 3. The minimum absolute atomic E-state index is 0.347. The summed E-state index contributed by atoms with van der Waals surface area (Å²) in [5.74, 6) is -1.44. The summed E-state index contributed by atoms with van der Waals surface area (Å²) in [4.78, 5) is 30.3. The first-order valence-corrected chi connectivity index (χ1v) is 4.90. The molecule has 3 N–H and O–H groups in total. The van der Waals surface area contributed by atoms with Crippen LogP contribution in [0.4, 0.5) is 17.1 Å². The lowest BCUT2D eigenvalue weighted by atomic mass is 10.2. The van der Waals surface area contributed by atoms with Gasteiger partial charge in [0.05, 0.1) is 16.5 Å². The zero-order chi connectivity index (χ0) is 14.6. The van der Waals surface area contributed by atoms with Gasteiger partial charge in [-0.25, -0.2) is 4.79 Å². The molecule has 102 valence electrons. The predicted octanol–water partition coefficient (Wildman–Crippen LogP) is 0.360. The molecule has 1 unspecified atom stereocenters. The van der Waals surface area contributed by atoms with Crippen molar-refractivity contribution in [1.29, 1.82) is 0 Å². The topological polar surface area (TPSA) is 156 Å². The van der Waals surface area contributed by atoms with Gasteiger partial charge in [0.15, 0.2) is 0 Å². The van der Waals surface area contributed by atoms with Gasteiger partial charge in [0, 0.05) is 6.07 Å². The van der Waals surface area contributed by atoms with Crippen LogP contribution in [0, 0.1) is 20.2 Å². The number of nitrogens with one attached hydrogen (secondary N) is 1. The Bertz CT molecular complexity index is 531. The van der Waals surface area contributed by atoms with Crippen molar-refractivity contribution >= 4 is 23.0 Å². The minimum Gasteiger partial charge on any atom is -0.480 e. The molecule has 0 spiro atoms. The third-order valence-corrected chi connectivity index (χ3v) is 2.20. The molecule has 0 bridgehead atoms. The summed E-state index contributed by atoms with van der Waals surface area (Å²) in [6, 6.07) is 1.72. The number of carboxylic acid groups (broad SMARTS) is 1. The van der Waals surface area contributed by atoms with Gasteiger partial charge in [-0.2, -0.15) is 0 Å². The molecule has 0 aliphatic rings. The van der Waals surface area contributed by atoms with E-state index in [4.69, 9.17) is 10.2 Å². The van der Waals surface area contributed by atoms with Gasteiger partial charge in [0.2, 0.25) is 0 Å². The van der Waals surface area contributed by atoms with E-state index < -0.39 is 39.8 Å². The van der Waals surface area contributed by atoms with E-state index in [9.17, 15) is 25.0 Å². The highest BCUT2D eigenvalue weighted by Crippen LogP contribution is 2.34. The Labute approximate surface area is 105 Å². The summed E-state index contributed by atoms with van der Waals surface area (Å²) in [5, 5.41) is 41.2. The number of hydrogen-bond acceptors (Lipinski definition) is 7. The Balaban J connectivity index is 3.27. The first-order chi connectivity index (χ1) is 8.88. The van der Waals surface area contributed by atoms with Crippen LogP contribution < -0.4 is 5.32 Å². The number of rotatable bonds is 6. The standard InChI is InChI=1S/C9H9N3O7/c13-4-6(9(14)15)10-5-2-1-3-7(11(16)17)8(5)12(18)19/h1-3,6,10,13H,4H2,(H,14,15). The maximum atomic E-state index is 10.8. The maximum absolute atomic E-state index is 10.8. The fraction of sp³-hybridized carbons (Fsp3) is 0.222. The summed E-state index contributed by atoms with van der Waals surface area (Å²) in [7, 11) is 0. The molecule has 0 aromatic heterocycles. The molecule has 1 rings (SSSR count). The van der Waals surface area contributed by atoms with Crippen molar-refractivity contribution in [2.45, 2.75) is 6.04 Å². The average molecular weight is 271 g/mol. The molecule has 10 heteroatoms. The van der Waals surface area contributed by atoms with Gasteiger partial charge in [-0.15, -0.1) is 0 Å². The van der Waals surface area contributed by atoms with Gasteiger partial charge in [0.25, 0.3) is 0 Å². The van der Waals surface area contributed by atoms with Crippen LogP contribution in [-0.4, -0.2) is 38.7 Å². The van der Waals surface area contributed by atoms with Gasteiger partial charge in [-0.05, 0) is 6.07 Å². The number of nitrogens with zero attached hydrogens (tertiary/aromatic N) is 2. The Hall–Kier alpha value is -2.75. The summed E-state index contributed by atoms with van der Waals surface area (Å²) < 4.78 is 0. The number of aliphatic hydroxyl groups is 1. The quantitative estimate of drug-likeness (QED) is 0.494. The summed E-state index contributed by atoms with van der Waals surface area (Å²) in [6.45, 7) is -0.824. The molecule has 1 aromatic rings. The van der Waals surface area contributed by atoms with E-state index in [0.29, 0.717) is 0 Å². The number of para-hydroxylation sites is 1. The molecular formula is C9H9N3O7. The van der Waals surface area contributed by atoms with Gasteiger partial charge < -0.3 is 15.5 Å². The zero-order valence-electron chi connectivity index (χ0n) is 9.35. The monoisotopic (exact) mass is 271 g/mol. The van der Waals surface area contributed by atoms with Gasteiger partial charge in [0.1, 0.15) is 11.7 Å². The van der Waals surface area contributed by atoms with Crippen LogP contribution in [0.2, 0.25) is 0 Å². The number of anilines is 1. The molecule has 0 amide bonds. The maximum Gasteiger partial charge on any atom is 0.368 e. The van der Waals surface area contributed by atoms with Crippen molar-refractivity contribution in [3.8, 4) is 0 Å². The average Bonchev–Trinajstić information content (AvgIpc) is 2.34. The minimum atomic E-state index is -1.50. The zero-order valence-corrected chi connectivity index (χ0v) is 9.35. The van der Waals surface area contributed by atoms with Crippen LogP contribution in [0.25, 0.3) is 0 Å². The Morgan fingerprint density at radius 2 is 1.95 bits per heavy atom. The number of aliphatic hydroxyl groups excluding tert-OH is 1. The lowest BCUT2D eigenvalue weighted by molar-refractivity contribution is -0.421. The smallest absolute Gasteiger partial charge is 0.368 e. The molecule has 0 saturated heterocycles. The second kappa shape index (κ2) is 5.73. The van der Waals surface area contributed by atoms with Crippen molar-refractivity contribution < 1.29 is 24.9 Å². The Morgan fingerprint density at radius 3 is 2.37 bits per heavy atom. The molecule has 0 saturated carbocycles. The molecule has 0 radical (unpaired) electrons. The van der Waals surface area contributed by atoms with Gasteiger partial charge >= 0.3 is 17.3 Å². The highest BCUT2D eigenvalue weighted by Gasteiger charge is 2.30. The van der Waals surface area contributed by atoms with Crippen molar-refractivity contribution in [1.82, 2.24) is 0 Å². The first-order valence-electron chi connectivity index (χ1n) is 4.90. The third kappa shape index (κ3) is 3.13. The second-order valence-electron chi connectivity index (χ2n) is 3.41. The molecular weight excluding hydrogens is 262 g/mol. The van der Waals surface area contributed by atoms with Crippen LogP contribution in [0.15, 0.2) is 18.2 Å². The van der Waals surface area contributed by atoms with Crippen molar-refractivity contribution in [2.24, 2.45) is 0 Å². The molecule has 19 heavy (non-hydrogen) atoms. The molecule has 0 fully saturated rings. The van der Waals surface area contributed by atoms with E-state index in [1.165, 1.54) is 6.07 Å². The molecule has 10 nitrogen and oxygen atoms in total. The fourth-order valence-corrected chi connectivity index (χ4v) is 1.36. The van der Waals surface area contributed by atoms with E-state index in [1.807, 2.05) is 0 Å². The van der Waals surface area contributed by atoms with E-state index in [0.717, 1.165) is 12.1 Å². The SMILES string of the molecule is O=C(O)C(CO)Nc1cccc([N+](=O)[O-])c1[N+](=O)[O-]. The summed E-state index contributed by atoms with van der Waals surface area (Å²) >= 11 is 0. The van der Waals surface area contributed by atoms with E-state index in [1.54, 1.807) is 0 Å². The van der Waals surface area contributed by atoms with Gasteiger partial charge in [-0.3, -0.25) is 20.2 Å². The number of benzene rings is 1. The van der Waals surface area contributed by atoms with E-state index >= 15 is 0 Å². The largest absolute Gasteiger partial charge is 0.480 e. The lowest BCUT2D eigenvalue weighted by Gasteiger charge is -2.12. The van der Waals surface area contributed by atoms with Crippen molar-refractivity contribution in [3.05, 3.63) is 38.4 Å². The van der Waals surface area contributed by atoms with Crippen molar-refractivity contribution in [3.63, 3.8) is 0 Å². The van der Waals surface area contributed by atoms with E-state index in [-0.39, 0.29) is 5.69 Å². The molecule has 0 aliphatic carbocycles. The Kier molecular flexibility index (Phi) is 4.32. The van der Waals surface area contributed by atoms with Crippen LogP contribution in [0.1, 0.15) is 0 Å².